The van der Waals surface area contributed by atoms with Crippen molar-refractivity contribution in [3.63, 3.8) is 0 Å². The van der Waals surface area contributed by atoms with Gasteiger partial charge in [0.1, 0.15) is 0 Å². The summed E-state index contributed by atoms with van der Waals surface area (Å²) in [6.07, 6.45) is 0. The van der Waals surface area contributed by atoms with E-state index < -0.39 is 0 Å². The fourth-order valence-corrected chi connectivity index (χ4v) is 13.7. The second-order valence-electron chi connectivity index (χ2n) is 25.8. The van der Waals surface area contributed by atoms with Crippen LogP contribution >= 0.6 is 0 Å². The van der Waals surface area contributed by atoms with E-state index in [4.69, 9.17) is 29.9 Å². The number of hydrogen-bond donors (Lipinski definition) is 0. The zero-order valence-electron chi connectivity index (χ0n) is 52.2. The summed E-state index contributed by atoms with van der Waals surface area (Å²) in [4.78, 5) is 30.0. The van der Waals surface area contributed by atoms with Gasteiger partial charge < -0.3 is 0 Å². The molecule has 436 valence electrons. The SMILES string of the molecule is CC1(C)c2ccccc2-c2c(-c3ccccc3-c3nc(-c4ccccc4)nc(-c4ccccc4)n3)cccc2C1(C)C.CC1(C)c2ccccc2-c2cccc(-c3ccccc3-c3cccc(-c4nc(-c5ccccc5)nc(-c5ccccc5)n4)c3)c2C1(C)C. The molecule has 6 heteroatoms. The minimum Gasteiger partial charge on any atom is -0.208 e. The van der Waals surface area contributed by atoms with Gasteiger partial charge in [0, 0.05) is 38.8 Å². The van der Waals surface area contributed by atoms with E-state index in [0.29, 0.717) is 34.9 Å². The van der Waals surface area contributed by atoms with E-state index in [9.17, 15) is 0 Å². The highest BCUT2D eigenvalue weighted by molar-refractivity contribution is 5.96. The van der Waals surface area contributed by atoms with Gasteiger partial charge in [0.25, 0.3) is 0 Å². The Bertz CT molecular complexity index is 4700. The first-order valence-electron chi connectivity index (χ1n) is 31.2. The van der Waals surface area contributed by atoms with Crippen LogP contribution in [0.25, 0.3) is 124 Å². The Morgan fingerprint density at radius 1 is 0.189 bits per heavy atom. The number of rotatable bonds is 9. The summed E-state index contributed by atoms with van der Waals surface area (Å²) in [5.41, 5.74) is 23.4. The van der Waals surface area contributed by atoms with Crippen LogP contribution in [0.1, 0.15) is 77.6 Å². The van der Waals surface area contributed by atoms with Gasteiger partial charge in [-0.15, -0.1) is 0 Å². The number of nitrogens with zero attached hydrogens (tertiary/aromatic N) is 6. The second-order valence-corrected chi connectivity index (χ2v) is 25.8. The van der Waals surface area contributed by atoms with Gasteiger partial charge in [0.15, 0.2) is 34.9 Å². The fraction of sp³-hybridized carbons (Fsp3) is 0.143. The van der Waals surface area contributed by atoms with E-state index in [0.717, 1.165) is 44.5 Å². The number of hydrogen-bond acceptors (Lipinski definition) is 6. The summed E-state index contributed by atoms with van der Waals surface area (Å²) in [6, 6.07) is 97.9. The van der Waals surface area contributed by atoms with Crippen molar-refractivity contribution >= 4 is 0 Å². The third-order valence-corrected chi connectivity index (χ3v) is 19.8. The molecule has 0 fully saturated rings. The van der Waals surface area contributed by atoms with Crippen LogP contribution in [0.3, 0.4) is 0 Å². The second kappa shape index (κ2) is 22.9. The molecule has 0 spiro atoms. The fourth-order valence-electron chi connectivity index (χ4n) is 13.7. The Labute approximate surface area is 529 Å². The Morgan fingerprint density at radius 3 is 0.989 bits per heavy atom. The van der Waals surface area contributed by atoms with E-state index in [1.165, 1.54) is 66.8 Å². The predicted molar refractivity (Wildman–Crippen MR) is 372 cm³/mol. The molecule has 2 aromatic heterocycles. The van der Waals surface area contributed by atoms with Gasteiger partial charge in [0.05, 0.1) is 0 Å². The highest BCUT2D eigenvalue weighted by atomic mass is 15.0. The lowest BCUT2D eigenvalue weighted by Gasteiger charge is -2.49. The maximum Gasteiger partial charge on any atom is 0.164 e. The average molecular weight is 1160 g/mol. The average Bonchev–Trinajstić information content (AvgIpc) is 0.723. The minimum absolute atomic E-state index is 0.0296. The first-order valence-corrected chi connectivity index (χ1v) is 31.2. The maximum absolute atomic E-state index is 5.07. The summed E-state index contributed by atoms with van der Waals surface area (Å²) in [6.45, 7) is 19.1. The molecule has 0 radical (unpaired) electrons. The van der Waals surface area contributed by atoms with Crippen molar-refractivity contribution in [3.05, 3.63) is 301 Å². The van der Waals surface area contributed by atoms with E-state index in [1.807, 2.05) is 121 Å². The molecule has 6 nitrogen and oxygen atoms in total. The number of fused-ring (bicyclic) bond motifs is 6. The smallest absolute Gasteiger partial charge is 0.164 e. The van der Waals surface area contributed by atoms with Crippen molar-refractivity contribution in [2.45, 2.75) is 77.0 Å². The minimum atomic E-state index is -0.116. The lowest BCUT2D eigenvalue weighted by molar-refractivity contribution is 0.299. The van der Waals surface area contributed by atoms with Gasteiger partial charge in [-0.05, 0) is 100 Å². The zero-order chi connectivity index (χ0) is 61.8. The van der Waals surface area contributed by atoms with Crippen LogP contribution in [0, 0.1) is 0 Å². The molecule has 15 rings (SSSR count). The lowest BCUT2D eigenvalue weighted by Crippen LogP contribution is -2.43. The van der Waals surface area contributed by atoms with Crippen molar-refractivity contribution in [1.82, 2.24) is 29.9 Å². The Morgan fingerprint density at radius 2 is 0.478 bits per heavy atom. The molecular formula is C84H70N6. The largest absolute Gasteiger partial charge is 0.208 e. The van der Waals surface area contributed by atoms with Gasteiger partial charge >= 0.3 is 0 Å². The van der Waals surface area contributed by atoms with Gasteiger partial charge in [-0.1, -0.05) is 328 Å². The van der Waals surface area contributed by atoms with Crippen molar-refractivity contribution in [3.8, 4) is 124 Å². The van der Waals surface area contributed by atoms with Gasteiger partial charge in [-0.3, -0.25) is 0 Å². The highest BCUT2D eigenvalue weighted by Gasteiger charge is 2.48. The van der Waals surface area contributed by atoms with Crippen LogP contribution in [0.15, 0.2) is 279 Å². The van der Waals surface area contributed by atoms with E-state index in [1.54, 1.807) is 0 Å². The molecule has 11 aromatic carbocycles. The molecule has 0 saturated carbocycles. The molecule has 0 saturated heterocycles. The summed E-state index contributed by atoms with van der Waals surface area (Å²) in [7, 11) is 0. The lowest BCUT2D eigenvalue weighted by atomic mass is 9.54. The standard InChI is InChI=1S/C45H37N3.C39H33N3/c1-44(2)39-28-14-13-25-36(39)38-27-16-26-37(40(38)45(44,3)4)35-24-12-11-23-34(35)32-21-15-22-33(29-32)43-47-41(30-17-7-5-8-18-30)46-42(48-43)31-19-9-6-10-20-31;1-38(2)32-24-14-13-22-31(32)34-29(23-15-25-33(34)39(38,3)4)28-20-11-12-21-30(28)37-41-35(26-16-7-5-8-17-26)40-36(42-37)27-18-9-6-10-19-27/h5-29H,1-4H3;5-25H,1-4H3. The third kappa shape index (κ3) is 9.93. The van der Waals surface area contributed by atoms with Crippen molar-refractivity contribution in [2.24, 2.45) is 0 Å². The number of aromatic nitrogens is 6. The first-order chi connectivity index (χ1) is 43.7. The van der Waals surface area contributed by atoms with Crippen molar-refractivity contribution in [1.29, 1.82) is 0 Å². The first kappa shape index (κ1) is 57.2. The predicted octanol–water partition coefficient (Wildman–Crippen LogP) is 21.2. The monoisotopic (exact) mass is 1160 g/mol. The third-order valence-electron chi connectivity index (χ3n) is 19.8. The molecule has 2 aliphatic carbocycles. The van der Waals surface area contributed by atoms with Crippen LogP contribution in [-0.2, 0) is 21.7 Å². The van der Waals surface area contributed by atoms with E-state index >= 15 is 0 Å². The number of benzene rings is 11. The molecule has 0 unspecified atom stereocenters. The summed E-state index contributed by atoms with van der Waals surface area (Å²) < 4.78 is 0. The maximum atomic E-state index is 5.07. The molecule has 0 aliphatic heterocycles. The Hall–Kier alpha value is -10.6. The normalized spacial score (nSPS) is 14.4. The quantitative estimate of drug-likeness (QED) is 0.143. The Balaban J connectivity index is 0.000000159. The highest BCUT2D eigenvalue weighted by Crippen LogP contribution is 2.58. The molecule has 0 N–H and O–H groups in total. The molecular weight excluding hydrogens is 1090 g/mol. The van der Waals surface area contributed by atoms with E-state index in [2.05, 4.69) is 213 Å². The molecule has 0 atom stereocenters. The van der Waals surface area contributed by atoms with Crippen LogP contribution < -0.4 is 0 Å². The summed E-state index contributed by atoms with van der Waals surface area (Å²) >= 11 is 0. The van der Waals surface area contributed by atoms with Crippen molar-refractivity contribution < 1.29 is 0 Å². The molecule has 0 bridgehead atoms. The van der Waals surface area contributed by atoms with Crippen LogP contribution in [-0.4, -0.2) is 29.9 Å². The Kier molecular flexibility index (Phi) is 14.5. The van der Waals surface area contributed by atoms with Crippen LogP contribution in [0.2, 0.25) is 0 Å². The van der Waals surface area contributed by atoms with Gasteiger partial charge in [-0.25, -0.2) is 29.9 Å². The van der Waals surface area contributed by atoms with Gasteiger partial charge in [-0.2, -0.15) is 0 Å². The van der Waals surface area contributed by atoms with Crippen LogP contribution in [0.5, 0.6) is 0 Å². The van der Waals surface area contributed by atoms with Gasteiger partial charge in [0.2, 0.25) is 0 Å². The van der Waals surface area contributed by atoms with Crippen molar-refractivity contribution in [2.75, 3.05) is 0 Å². The molecule has 2 heterocycles. The molecule has 13 aromatic rings. The summed E-state index contributed by atoms with van der Waals surface area (Å²) in [5.74, 6) is 3.96. The molecule has 90 heavy (non-hydrogen) atoms. The zero-order valence-corrected chi connectivity index (χ0v) is 52.2. The topological polar surface area (TPSA) is 77.3 Å². The van der Waals surface area contributed by atoms with E-state index in [-0.39, 0.29) is 21.7 Å². The summed E-state index contributed by atoms with van der Waals surface area (Å²) in [5, 5.41) is 0. The molecule has 2 aliphatic rings. The molecule has 0 amide bonds. The van der Waals surface area contributed by atoms with Crippen LogP contribution in [0.4, 0.5) is 0 Å².